The summed E-state index contributed by atoms with van der Waals surface area (Å²) in [5.41, 5.74) is 3.08. The SMILES string of the molecule is C/C=C/C1=CN(C(=O)c2cc(OC)c(O[Si](C(C)C)(C(C)C)C(C)C)cc2NC(=O)OCc2ccc(NC(=O)[C@H](C)NC(=O)[C@@H](NC(=O)O)C(C)C)cc2)[C@H](CO[Si](C)(C)C(C)(C)C)C1. The number of hydrogen-bond donors (Lipinski definition) is 5. The monoisotopic (exact) mass is 938 g/mol. The van der Waals surface area contributed by atoms with Crippen LogP contribution in [0.5, 0.6) is 11.5 Å². The van der Waals surface area contributed by atoms with Gasteiger partial charge in [0.1, 0.15) is 24.4 Å². The number of nitrogens with zero attached hydrogens (tertiary/aromatic N) is 1. The number of benzene rings is 2. The Balaban J connectivity index is 1.93. The molecular weight excluding hydrogens is 863 g/mol. The van der Waals surface area contributed by atoms with Crippen LogP contribution in [-0.2, 0) is 25.4 Å². The first-order chi connectivity index (χ1) is 30.2. The summed E-state index contributed by atoms with van der Waals surface area (Å²) in [6, 6.07) is 7.61. The van der Waals surface area contributed by atoms with Crippen molar-refractivity contribution in [1.82, 2.24) is 15.5 Å². The van der Waals surface area contributed by atoms with E-state index < -0.39 is 52.7 Å². The van der Waals surface area contributed by atoms with Gasteiger partial charge in [0.2, 0.25) is 11.8 Å². The third-order valence-corrected chi connectivity index (χ3v) is 23.1. The highest BCUT2D eigenvalue weighted by Gasteiger charge is 2.48. The Kier molecular flexibility index (Phi) is 19.1. The van der Waals surface area contributed by atoms with E-state index in [0.29, 0.717) is 35.8 Å². The number of nitrogens with one attached hydrogen (secondary N) is 4. The van der Waals surface area contributed by atoms with Gasteiger partial charge in [0.15, 0.2) is 14.1 Å². The van der Waals surface area contributed by atoms with Gasteiger partial charge >= 0.3 is 12.2 Å². The van der Waals surface area contributed by atoms with Crippen LogP contribution in [-0.4, -0.2) is 88.4 Å². The second-order valence-corrected chi connectivity index (χ2v) is 29.8. The molecule has 2 aromatic carbocycles. The number of allylic oxidation sites excluding steroid dienone is 2. The number of carbonyl (C=O) groups excluding carboxylic acids is 4. The van der Waals surface area contributed by atoms with Crippen molar-refractivity contribution in [2.45, 2.75) is 156 Å². The molecule has 1 aliphatic rings. The first-order valence-corrected chi connectivity index (χ1v) is 27.6. The molecule has 3 rings (SSSR count). The van der Waals surface area contributed by atoms with E-state index in [-0.39, 0.29) is 57.4 Å². The average Bonchev–Trinajstić information content (AvgIpc) is 3.62. The molecule has 2 aromatic rings. The van der Waals surface area contributed by atoms with Gasteiger partial charge in [-0.15, -0.1) is 0 Å². The number of carboxylic acid groups (broad SMARTS) is 1. The highest BCUT2D eigenvalue weighted by atomic mass is 28.4. The molecule has 1 heterocycles. The van der Waals surface area contributed by atoms with E-state index in [9.17, 15) is 24.0 Å². The summed E-state index contributed by atoms with van der Waals surface area (Å²) in [5, 5.41) is 19.4. The number of hydrogen-bond acceptors (Lipinski definition) is 9. The standard InChI is InChI=1S/C48H75N5O10Si2/c1-17-18-35-23-37(28-62-64(15,16)48(11,12)13)53(26-35)45(56)38-24-40(60-14)41(63-65(30(4)5,31(6)7)32(8)9)25-39(38)51-47(59)61-27-34-19-21-36(22-20-34)50-43(54)33(10)49-44(55)42(29(2)3)52-46(57)58/h17-22,24-26,29-33,37,42,52H,23,27-28H2,1-16H3,(H,49,55)(H,50,54)(H,51,59)(H,57,58)/b18-17+/t33-,37-,42-/m0/s1. The van der Waals surface area contributed by atoms with Crippen LogP contribution in [0.15, 0.2) is 60.3 Å². The van der Waals surface area contributed by atoms with Crippen LogP contribution in [0.25, 0.3) is 0 Å². The fourth-order valence-electron chi connectivity index (χ4n) is 7.95. The zero-order chi connectivity index (χ0) is 49.2. The van der Waals surface area contributed by atoms with Gasteiger partial charge in [-0.05, 0) is 90.3 Å². The summed E-state index contributed by atoms with van der Waals surface area (Å²) in [4.78, 5) is 67.0. The van der Waals surface area contributed by atoms with E-state index in [1.807, 2.05) is 25.3 Å². The minimum atomic E-state index is -2.54. The lowest BCUT2D eigenvalue weighted by Crippen LogP contribution is -2.53. The summed E-state index contributed by atoms with van der Waals surface area (Å²) >= 11 is 0. The van der Waals surface area contributed by atoms with E-state index in [4.69, 9.17) is 23.4 Å². The summed E-state index contributed by atoms with van der Waals surface area (Å²) in [6.07, 6.45) is 4.23. The van der Waals surface area contributed by atoms with Gasteiger partial charge < -0.3 is 44.3 Å². The molecule has 1 aliphatic heterocycles. The van der Waals surface area contributed by atoms with Crippen molar-refractivity contribution in [2.75, 3.05) is 24.4 Å². The van der Waals surface area contributed by atoms with Crippen molar-refractivity contribution < 1.29 is 47.4 Å². The van der Waals surface area contributed by atoms with Crippen molar-refractivity contribution in [3.8, 4) is 11.5 Å². The Hall–Kier alpha value is -5.14. The van der Waals surface area contributed by atoms with Crippen LogP contribution in [0.1, 0.15) is 112 Å². The highest BCUT2D eigenvalue weighted by molar-refractivity contribution is 6.78. The van der Waals surface area contributed by atoms with Crippen molar-refractivity contribution in [3.05, 3.63) is 71.5 Å². The molecule has 0 aromatic heterocycles. The molecule has 5 N–H and O–H groups in total. The maximum atomic E-state index is 14.9. The lowest BCUT2D eigenvalue weighted by atomic mass is 10.0. The van der Waals surface area contributed by atoms with Gasteiger partial charge in [0.05, 0.1) is 31.0 Å². The van der Waals surface area contributed by atoms with Crippen LogP contribution in [0.3, 0.4) is 0 Å². The molecule has 0 saturated heterocycles. The maximum Gasteiger partial charge on any atom is 0.411 e. The number of carbonyl (C=O) groups is 5. The number of anilines is 2. The molecule has 0 radical (unpaired) electrons. The van der Waals surface area contributed by atoms with Gasteiger partial charge in [-0.25, -0.2) is 9.59 Å². The molecule has 65 heavy (non-hydrogen) atoms. The smallest absolute Gasteiger partial charge is 0.411 e. The minimum absolute atomic E-state index is 0.0271. The quantitative estimate of drug-likeness (QED) is 0.0798. The molecule has 0 fully saturated rings. The molecule has 0 unspecified atom stereocenters. The zero-order valence-electron chi connectivity index (χ0n) is 41.4. The number of rotatable bonds is 20. The van der Waals surface area contributed by atoms with E-state index in [0.717, 1.165) is 5.57 Å². The predicted octanol–water partition coefficient (Wildman–Crippen LogP) is 10.4. The largest absolute Gasteiger partial charge is 0.540 e. The van der Waals surface area contributed by atoms with E-state index in [1.165, 1.54) is 14.0 Å². The fourth-order valence-corrected chi connectivity index (χ4v) is 14.2. The van der Waals surface area contributed by atoms with Gasteiger partial charge in [0.25, 0.3) is 14.2 Å². The van der Waals surface area contributed by atoms with Crippen molar-refractivity contribution >= 4 is 57.9 Å². The second-order valence-electron chi connectivity index (χ2n) is 19.6. The summed E-state index contributed by atoms with van der Waals surface area (Å²) < 4.78 is 25.4. The Morgan fingerprint density at radius 1 is 0.862 bits per heavy atom. The van der Waals surface area contributed by atoms with Gasteiger partial charge in [0, 0.05) is 18.0 Å². The molecule has 0 spiro atoms. The number of amides is 5. The van der Waals surface area contributed by atoms with Crippen LogP contribution in [0.4, 0.5) is 21.0 Å². The summed E-state index contributed by atoms with van der Waals surface area (Å²) in [7, 11) is -3.17. The predicted molar refractivity (Wildman–Crippen MR) is 262 cm³/mol. The number of methoxy groups -OCH3 is 1. The zero-order valence-corrected chi connectivity index (χ0v) is 43.4. The Morgan fingerprint density at radius 3 is 1.97 bits per heavy atom. The molecule has 5 amide bonds. The summed E-state index contributed by atoms with van der Waals surface area (Å²) in [6.45, 7) is 31.0. The van der Waals surface area contributed by atoms with Crippen LogP contribution < -0.4 is 30.4 Å². The van der Waals surface area contributed by atoms with Gasteiger partial charge in [-0.3, -0.25) is 19.7 Å². The van der Waals surface area contributed by atoms with E-state index in [1.54, 1.807) is 55.1 Å². The first-order valence-electron chi connectivity index (χ1n) is 22.5. The van der Waals surface area contributed by atoms with Gasteiger partial charge in [-0.1, -0.05) is 100 Å². The third-order valence-electron chi connectivity index (χ3n) is 12.6. The van der Waals surface area contributed by atoms with Gasteiger partial charge in [-0.2, -0.15) is 0 Å². The third kappa shape index (κ3) is 13.9. The minimum Gasteiger partial charge on any atom is -0.540 e. The molecular formula is C48H75N5O10Si2. The van der Waals surface area contributed by atoms with Crippen molar-refractivity contribution in [3.63, 3.8) is 0 Å². The molecule has 0 saturated carbocycles. The Labute approximate surface area is 388 Å². The van der Waals surface area contributed by atoms with E-state index in [2.05, 4.69) is 96.7 Å². The topological polar surface area (TPSA) is 194 Å². The highest BCUT2D eigenvalue weighted by Crippen LogP contribution is 2.46. The molecule has 0 bridgehead atoms. The molecule has 15 nitrogen and oxygen atoms in total. The van der Waals surface area contributed by atoms with Crippen LogP contribution >= 0.6 is 0 Å². The maximum absolute atomic E-state index is 14.9. The molecule has 17 heteroatoms. The first kappa shape index (κ1) is 54.2. The fraction of sp³-hybridized carbons (Fsp3) is 0.562. The number of ether oxygens (including phenoxy) is 2. The van der Waals surface area contributed by atoms with Crippen LogP contribution in [0, 0.1) is 5.92 Å². The summed E-state index contributed by atoms with van der Waals surface area (Å²) in [5.74, 6) is -1.03. The molecule has 360 valence electrons. The van der Waals surface area contributed by atoms with Crippen molar-refractivity contribution in [1.29, 1.82) is 0 Å². The lowest BCUT2D eigenvalue weighted by Gasteiger charge is -2.42. The Morgan fingerprint density at radius 2 is 1.46 bits per heavy atom. The lowest BCUT2D eigenvalue weighted by molar-refractivity contribution is -0.128. The second kappa shape index (κ2) is 22.9. The normalized spacial score (nSPS) is 15.5. The molecule has 0 aliphatic carbocycles. The van der Waals surface area contributed by atoms with Crippen molar-refractivity contribution in [2.24, 2.45) is 5.92 Å². The van der Waals surface area contributed by atoms with E-state index >= 15 is 0 Å². The average molecular weight is 938 g/mol. The van der Waals surface area contributed by atoms with Crippen LogP contribution in [0.2, 0.25) is 34.8 Å². The Bertz CT molecular complexity index is 2040. The molecule has 3 atom stereocenters.